The van der Waals surface area contributed by atoms with Gasteiger partial charge in [-0.15, -0.1) is 0 Å². The van der Waals surface area contributed by atoms with Gasteiger partial charge in [-0.05, 0) is 12.1 Å². The predicted molar refractivity (Wildman–Crippen MR) is 54.5 cm³/mol. The molecule has 0 aliphatic heterocycles. The van der Waals surface area contributed by atoms with E-state index >= 15 is 0 Å². The molecule has 0 saturated heterocycles. The molecule has 0 bridgehead atoms. The van der Waals surface area contributed by atoms with Gasteiger partial charge in [0.05, 0.1) is 0 Å². The number of rotatable bonds is 0. The van der Waals surface area contributed by atoms with Gasteiger partial charge >= 0.3 is 0 Å². The Morgan fingerprint density at radius 3 is 1.07 bits per heavy atom. The molecular weight excluding hydrogens is 219 g/mol. The molecule has 0 aromatic heterocycles. The number of phenols is 1. The van der Waals surface area contributed by atoms with Gasteiger partial charge in [-0.1, -0.05) is 54.6 Å². The van der Waals surface area contributed by atoms with E-state index in [0.717, 1.165) is 0 Å². The van der Waals surface area contributed by atoms with Crippen molar-refractivity contribution in [1.29, 1.82) is 0 Å². The van der Waals surface area contributed by atoms with Gasteiger partial charge < -0.3 is 5.11 Å². The smallest absolute Gasteiger partial charge is 0.115 e. The molecule has 0 spiro atoms. The predicted octanol–water partition coefficient (Wildman–Crippen LogP) is 3.08. The quantitative estimate of drug-likeness (QED) is 0.690. The summed E-state index contributed by atoms with van der Waals surface area (Å²) in [7, 11) is 0. The van der Waals surface area contributed by atoms with Crippen LogP contribution in [0.3, 0.4) is 0 Å². The zero-order chi connectivity index (χ0) is 9.36. The summed E-state index contributed by atoms with van der Waals surface area (Å²) in [5.41, 5.74) is 0. The molecule has 0 amide bonds. The van der Waals surface area contributed by atoms with Gasteiger partial charge in [0.15, 0.2) is 0 Å². The molecule has 0 heterocycles. The van der Waals surface area contributed by atoms with Crippen LogP contribution < -0.4 is 0 Å². The van der Waals surface area contributed by atoms with E-state index in [2.05, 4.69) is 0 Å². The monoisotopic (exact) mass is 230 g/mol. The van der Waals surface area contributed by atoms with Crippen LogP contribution in [0.4, 0.5) is 0 Å². The van der Waals surface area contributed by atoms with Gasteiger partial charge in [-0.25, -0.2) is 0 Å². The molecule has 0 unspecified atom stereocenters. The van der Waals surface area contributed by atoms with Crippen molar-refractivity contribution in [3.63, 3.8) is 0 Å². The summed E-state index contributed by atoms with van der Waals surface area (Å²) >= 11 is 0. The van der Waals surface area contributed by atoms with E-state index in [0.29, 0.717) is 5.75 Å². The molecule has 1 N–H and O–H groups in total. The van der Waals surface area contributed by atoms with E-state index in [1.807, 2.05) is 42.5 Å². The first-order valence-corrected chi connectivity index (χ1v) is 4.13. The number of aromatic hydroxyl groups is 1. The second kappa shape index (κ2) is 8.34. The summed E-state index contributed by atoms with van der Waals surface area (Å²) in [4.78, 5) is 0. The molecule has 2 heteroatoms. The van der Waals surface area contributed by atoms with Crippen LogP contribution in [-0.2, 0) is 16.5 Å². The van der Waals surface area contributed by atoms with Crippen molar-refractivity contribution in [1.82, 2.24) is 0 Å². The van der Waals surface area contributed by atoms with E-state index in [9.17, 15) is 0 Å². The minimum absolute atomic E-state index is 0. The van der Waals surface area contributed by atoms with E-state index in [-0.39, 0.29) is 16.5 Å². The average molecular weight is 231 g/mol. The number of hydrogen-bond acceptors (Lipinski definition) is 1. The Morgan fingerprint density at radius 2 is 0.857 bits per heavy atom. The third-order valence-electron chi connectivity index (χ3n) is 1.42. The van der Waals surface area contributed by atoms with Crippen molar-refractivity contribution in [3.8, 4) is 5.75 Å². The maximum Gasteiger partial charge on any atom is 0.115 e. The fraction of sp³-hybridized carbons (Fsp3) is 0. The average Bonchev–Trinajstić information content (AvgIpc) is 2.22. The fourth-order valence-electron chi connectivity index (χ4n) is 0.813. The summed E-state index contributed by atoms with van der Waals surface area (Å²) < 4.78 is 0. The zero-order valence-corrected chi connectivity index (χ0v) is 8.60. The van der Waals surface area contributed by atoms with Gasteiger partial charge in [0.25, 0.3) is 0 Å². The van der Waals surface area contributed by atoms with Crippen LogP contribution in [-0.4, -0.2) is 5.11 Å². The first-order chi connectivity index (χ1) is 6.39. The van der Waals surface area contributed by atoms with Crippen molar-refractivity contribution < 1.29 is 21.6 Å². The molecule has 2 rings (SSSR count). The molecule has 0 aliphatic rings. The second-order valence-corrected chi connectivity index (χ2v) is 2.49. The van der Waals surface area contributed by atoms with E-state index in [1.165, 1.54) is 0 Å². The number of para-hydroxylation sites is 1. The summed E-state index contributed by atoms with van der Waals surface area (Å²) in [6.45, 7) is 0. The van der Waals surface area contributed by atoms with Gasteiger partial charge in [0.2, 0.25) is 0 Å². The second-order valence-electron chi connectivity index (χ2n) is 2.49. The van der Waals surface area contributed by atoms with Crippen LogP contribution in [0.25, 0.3) is 0 Å². The summed E-state index contributed by atoms with van der Waals surface area (Å²) in [6, 6.07) is 20.7. The van der Waals surface area contributed by atoms with E-state index in [1.54, 1.807) is 24.3 Å². The van der Waals surface area contributed by atoms with Gasteiger partial charge in [-0.2, -0.15) is 0 Å². The molecule has 2 aromatic rings. The molecule has 76 valence electrons. The molecule has 14 heavy (non-hydrogen) atoms. The van der Waals surface area contributed by atoms with Crippen molar-refractivity contribution >= 4 is 0 Å². The molecule has 0 saturated carbocycles. The third kappa shape index (κ3) is 6.27. The number of benzene rings is 2. The van der Waals surface area contributed by atoms with Gasteiger partial charge in [0, 0.05) is 16.5 Å². The zero-order valence-electron chi connectivity index (χ0n) is 7.61. The standard InChI is InChI=1S/C6H6O.C6H6.Ni/c7-6-4-2-1-3-5-6;1-2-4-6-5-3-1;/h1-5,7H;1-6H;. The van der Waals surface area contributed by atoms with Crippen LogP contribution >= 0.6 is 0 Å². The first kappa shape index (κ1) is 12.7. The number of hydrogen-bond donors (Lipinski definition) is 1. The summed E-state index contributed by atoms with van der Waals surface area (Å²) in [6.07, 6.45) is 0. The van der Waals surface area contributed by atoms with Crippen LogP contribution in [0, 0.1) is 0 Å². The van der Waals surface area contributed by atoms with Crippen molar-refractivity contribution in [3.05, 3.63) is 66.7 Å². The van der Waals surface area contributed by atoms with E-state index < -0.39 is 0 Å². The Hall–Kier alpha value is -1.27. The molecule has 2 aromatic carbocycles. The molecule has 0 radical (unpaired) electrons. The van der Waals surface area contributed by atoms with Gasteiger partial charge in [0.1, 0.15) is 5.75 Å². The van der Waals surface area contributed by atoms with Crippen molar-refractivity contribution in [2.24, 2.45) is 0 Å². The minimum atomic E-state index is 0. The Labute approximate surface area is 94.3 Å². The van der Waals surface area contributed by atoms with Crippen LogP contribution in [0.5, 0.6) is 5.75 Å². The summed E-state index contributed by atoms with van der Waals surface area (Å²) in [5, 5.41) is 8.63. The van der Waals surface area contributed by atoms with Crippen molar-refractivity contribution in [2.75, 3.05) is 0 Å². The first-order valence-electron chi connectivity index (χ1n) is 4.13. The Bertz CT molecular complexity index is 281. The maximum absolute atomic E-state index is 8.63. The molecule has 1 nitrogen and oxygen atoms in total. The minimum Gasteiger partial charge on any atom is -0.508 e. The fourth-order valence-corrected chi connectivity index (χ4v) is 0.813. The largest absolute Gasteiger partial charge is 0.508 e. The van der Waals surface area contributed by atoms with Crippen LogP contribution in [0.2, 0.25) is 0 Å². The van der Waals surface area contributed by atoms with Crippen LogP contribution in [0.15, 0.2) is 66.7 Å². The van der Waals surface area contributed by atoms with Crippen molar-refractivity contribution in [2.45, 2.75) is 0 Å². The Balaban J connectivity index is 0.000000227. The summed E-state index contributed by atoms with van der Waals surface area (Å²) in [5.74, 6) is 0.322. The molecular formula is C12H12NiO. The number of phenolic OH excluding ortho intramolecular Hbond substituents is 1. The third-order valence-corrected chi connectivity index (χ3v) is 1.42. The van der Waals surface area contributed by atoms with E-state index in [4.69, 9.17) is 5.11 Å². The Morgan fingerprint density at radius 1 is 0.571 bits per heavy atom. The SMILES string of the molecule is Oc1ccccc1.[Ni].c1ccccc1. The molecule has 0 atom stereocenters. The van der Waals surface area contributed by atoms with Crippen LogP contribution in [0.1, 0.15) is 0 Å². The Kier molecular flexibility index (Phi) is 7.58. The van der Waals surface area contributed by atoms with Gasteiger partial charge in [-0.3, -0.25) is 0 Å². The maximum atomic E-state index is 8.63. The normalized spacial score (nSPS) is 7.71. The molecule has 0 aliphatic carbocycles. The molecule has 0 fully saturated rings. The topological polar surface area (TPSA) is 20.2 Å².